The monoisotopic (exact) mass is 448 g/mol. The zero-order valence-electron chi connectivity index (χ0n) is 18.9. The number of hydrogen-bond donors (Lipinski definition) is 0. The van der Waals surface area contributed by atoms with Crippen molar-refractivity contribution >= 4 is 17.1 Å². The zero-order chi connectivity index (χ0) is 23.1. The van der Waals surface area contributed by atoms with Gasteiger partial charge in [0.15, 0.2) is 5.58 Å². The van der Waals surface area contributed by atoms with Crippen LogP contribution in [0.4, 0.5) is 6.01 Å². The average Bonchev–Trinajstić information content (AvgIpc) is 3.32. The summed E-state index contributed by atoms with van der Waals surface area (Å²) >= 11 is 0. The molecule has 0 bridgehead atoms. The lowest BCUT2D eigenvalue weighted by Gasteiger charge is -2.29. The topological polar surface area (TPSA) is 64.2 Å². The Morgan fingerprint density at radius 3 is 2.18 bits per heavy atom. The van der Waals surface area contributed by atoms with E-state index >= 15 is 0 Å². The molecule has 34 heavy (non-hydrogen) atoms. The molecule has 3 aromatic carbocycles. The predicted molar refractivity (Wildman–Crippen MR) is 132 cm³/mol. The number of nitrogens with zero attached hydrogens (tertiary/aromatic N) is 4. The van der Waals surface area contributed by atoms with Crippen molar-refractivity contribution in [2.24, 2.45) is 0 Å². The third kappa shape index (κ3) is 3.48. The van der Waals surface area contributed by atoms with Gasteiger partial charge in [0, 0.05) is 12.1 Å². The molecule has 0 radical (unpaired) electrons. The van der Waals surface area contributed by atoms with Gasteiger partial charge in [-0.25, -0.2) is 4.98 Å². The Hall–Kier alpha value is -4.19. The molecular weight excluding hydrogens is 424 g/mol. The third-order valence-corrected chi connectivity index (χ3v) is 6.48. The Balaban J connectivity index is 1.42. The lowest BCUT2D eigenvalue weighted by Crippen LogP contribution is -2.40. The Morgan fingerprint density at radius 1 is 0.853 bits per heavy atom. The minimum atomic E-state index is -0.234. The summed E-state index contributed by atoms with van der Waals surface area (Å²) in [4.78, 5) is 25.5. The summed E-state index contributed by atoms with van der Waals surface area (Å²) in [6, 6.07) is 28.4. The van der Waals surface area contributed by atoms with Crippen molar-refractivity contribution in [3.63, 3.8) is 0 Å². The molecule has 168 valence electrons. The van der Waals surface area contributed by atoms with Crippen LogP contribution in [0.2, 0.25) is 0 Å². The van der Waals surface area contributed by atoms with Crippen molar-refractivity contribution in [2.45, 2.75) is 25.9 Å². The Kier molecular flexibility index (Phi) is 4.99. The molecule has 0 N–H and O–H groups in total. The molecule has 3 heterocycles. The number of para-hydroxylation sites is 2. The van der Waals surface area contributed by atoms with Crippen LogP contribution in [0.3, 0.4) is 0 Å². The molecule has 6 heteroatoms. The molecule has 0 fully saturated rings. The molecule has 0 atom stereocenters. The van der Waals surface area contributed by atoms with Gasteiger partial charge in [-0.05, 0) is 36.6 Å². The molecule has 0 spiro atoms. The highest BCUT2D eigenvalue weighted by Crippen LogP contribution is 2.29. The lowest BCUT2D eigenvalue weighted by molar-refractivity contribution is 0.535. The van der Waals surface area contributed by atoms with E-state index < -0.39 is 0 Å². The fourth-order valence-electron chi connectivity index (χ4n) is 4.84. The first-order valence-corrected chi connectivity index (χ1v) is 11.5. The van der Waals surface area contributed by atoms with Crippen LogP contribution in [0.1, 0.15) is 34.3 Å². The lowest BCUT2D eigenvalue weighted by atomic mass is 9.97. The number of aryl methyl sites for hydroxylation is 1. The van der Waals surface area contributed by atoms with E-state index in [0.29, 0.717) is 31.3 Å². The molecule has 0 amide bonds. The normalized spacial score (nSPS) is 13.4. The van der Waals surface area contributed by atoms with Crippen LogP contribution >= 0.6 is 0 Å². The summed E-state index contributed by atoms with van der Waals surface area (Å²) in [5, 5.41) is 0. The van der Waals surface area contributed by atoms with Crippen molar-refractivity contribution in [3.8, 4) is 0 Å². The van der Waals surface area contributed by atoms with Crippen molar-refractivity contribution < 1.29 is 4.42 Å². The van der Waals surface area contributed by atoms with E-state index in [-0.39, 0.29) is 11.6 Å². The quantitative estimate of drug-likeness (QED) is 0.392. The molecule has 0 aliphatic carbocycles. The van der Waals surface area contributed by atoms with Gasteiger partial charge < -0.3 is 9.32 Å². The number of oxazole rings is 1. The van der Waals surface area contributed by atoms with Crippen LogP contribution in [-0.4, -0.2) is 21.1 Å². The van der Waals surface area contributed by atoms with Crippen LogP contribution in [0.25, 0.3) is 11.1 Å². The van der Waals surface area contributed by atoms with Gasteiger partial charge in [0.25, 0.3) is 11.6 Å². The molecular formula is C28H24N4O2. The van der Waals surface area contributed by atoms with E-state index in [1.807, 2.05) is 72.2 Å². The molecule has 2 aromatic heterocycles. The van der Waals surface area contributed by atoms with Gasteiger partial charge in [-0.1, -0.05) is 72.8 Å². The highest BCUT2D eigenvalue weighted by Gasteiger charge is 2.28. The van der Waals surface area contributed by atoms with E-state index in [9.17, 15) is 4.79 Å². The predicted octanol–water partition coefficient (Wildman–Crippen LogP) is 4.89. The third-order valence-electron chi connectivity index (χ3n) is 6.48. The van der Waals surface area contributed by atoms with Gasteiger partial charge in [-0.3, -0.25) is 9.36 Å². The molecule has 5 aromatic rings. The highest BCUT2D eigenvalue weighted by molar-refractivity contribution is 5.74. The number of aromatic nitrogens is 3. The highest BCUT2D eigenvalue weighted by atomic mass is 16.4. The summed E-state index contributed by atoms with van der Waals surface area (Å²) in [5.41, 5.74) is 5.31. The number of fused-ring (bicyclic) bond motifs is 2. The summed E-state index contributed by atoms with van der Waals surface area (Å²) in [7, 11) is 0. The van der Waals surface area contributed by atoms with E-state index in [2.05, 4.69) is 34.1 Å². The second kappa shape index (κ2) is 8.30. The summed E-state index contributed by atoms with van der Waals surface area (Å²) in [6.45, 7) is 3.07. The van der Waals surface area contributed by atoms with Gasteiger partial charge in [-0.15, -0.1) is 0 Å². The number of anilines is 1. The Labute approximate surface area is 197 Å². The second-order valence-electron chi connectivity index (χ2n) is 8.62. The molecule has 0 saturated heterocycles. The molecule has 1 aliphatic rings. The first kappa shape index (κ1) is 20.4. The fraction of sp³-hybridized carbons (Fsp3) is 0.179. The smallest absolute Gasteiger partial charge is 0.298 e. The van der Waals surface area contributed by atoms with Crippen molar-refractivity contribution in [1.29, 1.82) is 0 Å². The summed E-state index contributed by atoms with van der Waals surface area (Å²) in [6.07, 6.45) is 0.594. The fourth-order valence-corrected chi connectivity index (χ4v) is 4.84. The second-order valence-corrected chi connectivity index (χ2v) is 8.62. The van der Waals surface area contributed by atoms with Gasteiger partial charge in [0.05, 0.1) is 18.3 Å². The zero-order valence-corrected chi connectivity index (χ0v) is 18.9. The van der Waals surface area contributed by atoms with Gasteiger partial charge in [0.2, 0.25) is 0 Å². The Bertz CT molecular complexity index is 1450. The molecule has 0 saturated carbocycles. The first-order valence-electron chi connectivity index (χ1n) is 11.5. The van der Waals surface area contributed by atoms with Gasteiger partial charge in [-0.2, -0.15) is 4.98 Å². The Morgan fingerprint density at radius 2 is 1.50 bits per heavy atom. The molecule has 1 aliphatic heterocycles. The van der Waals surface area contributed by atoms with Gasteiger partial charge in [0.1, 0.15) is 11.3 Å². The van der Waals surface area contributed by atoms with Crippen LogP contribution in [0.5, 0.6) is 0 Å². The van der Waals surface area contributed by atoms with Crippen molar-refractivity contribution in [1.82, 2.24) is 14.5 Å². The standard InChI is InChI=1S/C28H24N4O2/c1-19-29-24-18-31(28-30-23-14-8-9-15-25(23)34-28)17-16-22(24)27(33)32(19)26(20-10-4-2-5-11-20)21-12-6-3-7-13-21/h2-15,26H,16-18H2,1H3. The van der Waals surface area contributed by atoms with Gasteiger partial charge >= 0.3 is 0 Å². The first-order chi connectivity index (χ1) is 16.7. The molecule has 6 rings (SSSR count). The van der Waals surface area contributed by atoms with Crippen molar-refractivity contribution in [3.05, 3.63) is 123 Å². The maximum Gasteiger partial charge on any atom is 0.298 e. The maximum absolute atomic E-state index is 13.9. The number of benzene rings is 3. The SMILES string of the molecule is Cc1nc2c(c(=O)n1C(c1ccccc1)c1ccccc1)CCN(c1nc3ccccc3o1)C2. The van der Waals surface area contributed by atoms with E-state index in [0.717, 1.165) is 33.5 Å². The average molecular weight is 449 g/mol. The van der Waals surface area contributed by atoms with Crippen LogP contribution in [0.15, 0.2) is 94.1 Å². The van der Waals surface area contributed by atoms with Crippen LogP contribution < -0.4 is 10.5 Å². The number of hydrogen-bond acceptors (Lipinski definition) is 5. The van der Waals surface area contributed by atoms with Crippen LogP contribution in [0, 0.1) is 6.92 Å². The summed E-state index contributed by atoms with van der Waals surface area (Å²) in [5.74, 6) is 0.695. The largest absolute Gasteiger partial charge is 0.423 e. The minimum absolute atomic E-state index is 0.0254. The molecule has 0 unspecified atom stereocenters. The van der Waals surface area contributed by atoms with E-state index in [4.69, 9.17) is 9.40 Å². The minimum Gasteiger partial charge on any atom is -0.423 e. The van der Waals surface area contributed by atoms with E-state index in [1.54, 1.807) is 0 Å². The van der Waals surface area contributed by atoms with Crippen LogP contribution in [-0.2, 0) is 13.0 Å². The maximum atomic E-state index is 13.9. The van der Waals surface area contributed by atoms with E-state index in [1.165, 1.54) is 0 Å². The molecule has 6 nitrogen and oxygen atoms in total. The number of rotatable bonds is 4. The van der Waals surface area contributed by atoms with Crippen molar-refractivity contribution in [2.75, 3.05) is 11.4 Å². The summed E-state index contributed by atoms with van der Waals surface area (Å²) < 4.78 is 7.81.